The zero-order valence-electron chi connectivity index (χ0n) is 14.9. The van der Waals surface area contributed by atoms with Crippen LogP contribution in [-0.4, -0.2) is 50.6 Å². The molecule has 4 heteroatoms. The molecule has 1 amide bonds. The van der Waals surface area contributed by atoms with Crippen LogP contribution in [0.1, 0.15) is 17.5 Å². The van der Waals surface area contributed by atoms with Gasteiger partial charge in [-0.25, -0.2) is 10.0 Å². The average molecular weight is 323 g/mol. The maximum absolute atomic E-state index is 13.6. The minimum Gasteiger partial charge on any atom is -0.309 e. The summed E-state index contributed by atoms with van der Waals surface area (Å²) in [5.41, 5.74) is 2.51. The lowest BCUT2D eigenvalue weighted by molar-refractivity contribution is -0.124. The van der Waals surface area contributed by atoms with Crippen LogP contribution in [0, 0.1) is 0 Å². The summed E-state index contributed by atoms with van der Waals surface area (Å²) in [6.45, 7) is 0.843. The Labute approximate surface area is 144 Å². The van der Waals surface area contributed by atoms with Crippen molar-refractivity contribution in [2.24, 2.45) is 0 Å². The van der Waals surface area contributed by atoms with Gasteiger partial charge in [0.05, 0.1) is 5.69 Å². The number of anilines is 1. The molecule has 1 atom stereocenters. The summed E-state index contributed by atoms with van der Waals surface area (Å²) in [5, 5.41) is 3.68. The molecule has 0 N–H and O–H groups in total. The molecular weight excluding hydrogens is 298 g/mol. The molecule has 0 saturated heterocycles. The van der Waals surface area contributed by atoms with Gasteiger partial charge in [-0.15, -0.1) is 0 Å². The molecule has 0 fully saturated rings. The van der Waals surface area contributed by atoms with Crippen LogP contribution in [0.15, 0.2) is 54.6 Å². The molecule has 0 aliphatic carbocycles. The van der Waals surface area contributed by atoms with Gasteiger partial charge >= 0.3 is 0 Å². The van der Waals surface area contributed by atoms with Crippen molar-refractivity contribution in [2.75, 3.05) is 39.7 Å². The van der Waals surface area contributed by atoms with E-state index < -0.39 is 5.41 Å². The standard InChI is InChI=1S/C20H25N3O/c1-21(2)15-14-20(16-10-6-5-7-11-16)17-12-8-9-13-18(17)23(19(20)24)22(3)4/h5-13H,14-15H2,1-4H3. The van der Waals surface area contributed by atoms with Crippen LogP contribution < -0.4 is 5.01 Å². The largest absolute Gasteiger partial charge is 0.309 e. The summed E-state index contributed by atoms with van der Waals surface area (Å²) in [6, 6.07) is 18.3. The molecule has 1 unspecified atom stereocenters. The zero-order chi connectivity index (χ0) is 17.3. The molecule has 2 aromatic carbocycles. The van der Waals surface area contributed by atoms with E-state index in [-0.39, 0.29) is 5.91 Å². The fourth-order valence-corrected chi connectivity index (χ4v) is 3.60. The Kier molecular flexibility index (Phi) is 4.43. The van der Waals surface area contributed by atoms with Crippen LogP contribution in [-0.2, 0) is 10.2 Å². The lowest BCUT2D eigenvalue weighted by Crippen LogP contribution is -2.48. The van der Waals surface area contributed by atoms with Crippen LogP contribution in [0.2, 0.25) is 0 Å². The highest BCUT2D eigenvalue weighted by Gasteiger charge is 2.52. The molecule has 0 spiro atoms. The van der Waals surface area contributed by atoms with Gasteiger partial charge in [0.15, 0.2) is 0 Å². The molecule has 4 nitrogen and oxygen atoms in total. The Hall–Kier alpha value is -2.17. The predicted molar refractivity (Wildman–Crippen MR) is 98.0 cm³/mol. The van der Waals surface area contributed by atoms with E-state index in [0.29, 0.717) is 0 Å². The molecular formula is C20H25N3O. The number of amides is 1. The summed E-state index contributed by atoms with van der Waals surface area (Å²) >= 11 is 0. The van der Waals surface area contributed by atoms with Crippen molar-refractivity contribution in [3.05, 3.63) is 65.7 Å². The van der Waals surface area contributed by atoms with E-state index in [2.05, 4.69) is 23.1 Å². The first-order valence-electron chi connectivity index (χ1n) is 8.30. The number of rotatable bonds is 5. The topological polar surface area (TPSA) is 26.8 Å². The number of hydrazine groups is 1. The maximum Gasteiger partial charge on any atom is 0.256 e. The quantitative estimate of drug-likeness (QED) is 0.846. The third-order valence-electron chi connectivity index (χ3n) is 4.75. The van der Waals surface area contributed by atoms with Gasteiger partial charge in [-0.2, -0.15) is 0 Å². The van der Waals surface area contributed by atoms with Crippen molar-refractivity contribution < 1.29 is 4.79 Å². The SMILES string of the molecule is CN(C)CCC1(c2ccccc2)C(=O)N(N(C)C)c2ccccc21. The Morgan fingerprint density at radius 2 is 1.54 bits per heavy atom. The number of carbonyl (C=O) groups is 1. The molecule has 1 aliphatic rings. The first-order chi connectivity index (χ1) is 11.5. The molecule has 0 aromatic heterocycles. The second kappa shape index (κ2) is 6.38. The molecule has 1 aliphatic heterocycles. The predicted octanol–water partition coefficient (Wildman–Crippen LogP) is 2.75. The smallest absolute Gasteiger partial charge is 0.256 e. The highest BCUT2D eigenvalue weighted by atomic mass is 16.2. The molecule has 3 rings (SSSR count). The van der Waals surface area contributed by atoms with E-state index in [9.17, 15) is 4.79 Å². The molecule has 126 valence electrons. The third-order valence-corrected chi connectivity index (χ3v) is 4.75. The van der Waals surface area contributed by atoms with Crippen molar-refractivity contribution in [1.82, 2.24) is 9.91 Å². The lowest BCUT2D eigenvalue weighted by Gasteiger charge is -2.32. The van der Waals surface area contributed by atoms with Crippen LogP contribution >= 0.6 is 0 Å². The molecule has 0 saturated carbocycles. The third kappa shape index (κ3) is 2.52. The number of hydrogen-bond acceptors (Lipinski definition) is 3. The molecule has 0 bridgehead atoms. The number of nitrogens with zero attached hydrogens (tertiary/aromatic N) is 3. The summed E-state index contributed by atoms with van der Waals surface area (Å²) in [5.74, 6) is 0.127. The lowest BCUT2D eigenvalue weighted by atomic mass is 9.73. The maximum atomic E-state index is 13.6. The van der Waals surface area contributed by atoms with Crippen molar-refractivity contribution in [3.63, 3.8) is 0 Å². The zero-order valence-corrected chi connectivity index (χ0v) is 14.9. The van der Waals surface area contributed by atoms with E-state index >= 15 is 0 Å². The van der Waals surface area contributed by atoms with Crippen LogP contribution in [0.5, 0.6) is 0 Å². The average Bonchev–Trinajstić information content (AvgIpc) is 2.83. The van der Waals surface area contributed by atoms with Gasteiger partial charge in [0.25, 0.3) is 5.91 Å². The van der Waals surface area contributed by atoms with Crippen molar-refractivity contribution in [2.45, 2.75) is 11.8 Å². The summed E-state index contributed by atoms with van der Waals surface area (Å²) in [4.78, 5) is 15.7. The fourth-order valence-electron chi connectivity index (χ4n) is 3.60. The number of benzene rings is 2. The van der Waals surface area contributed by atoms with Gasteiger partial charge in [-0.05, 0) is 44.3 Å². The first kappa shape index (κ1) is 16.7. The van der Waals surface area contributed by atoms with Gasteiger partial charge in [-0.1, -0.05) is 48.5 Å². The number of fused-ring (bicyclic) bond motifs is 1. The molecule has 24 heavy (non-hydrogen) atoms. The minimum atomic E-state index is -0.633. The van der Waals surface area contributed by atoms with E-state index in [1.54, 1.807) is 5.01 Å². The first-order valence-corrected chi connectivity index (χ1v) is 8.30. The van der Waals surface area contributed by atoms with Gasteiger partial charge < -0.3 is 4.90 Å². The Morgan fingerprint density at radius 1 is 0.917 bits per heavy atom. The van der Waals surface area contributed by atoms with Crippen LogP contribution in [0.4, 0.5) is 5.69 Å². The van der Waals surface area contributed by atoms with Gasteiger partial charge in [0.1, 0.15) is 5.41 Å². The second-order valence-corrected chi connectivity index (χ2v) is 6.81. The number of para-hydroxylation sites is 1. The minimum absolute atomic E-state index is 0.127. The molecule has 2 aromatic rings. The number of hydrogen-bond donors (Lipinski definition) is 0. The molecule has 0 radical (unpaired) electrons. The Bertz CT molecular complexity index is 727. The van der Waals surface area contributed by atoms with Crippen LogP contribution in [0.25, 0.3) is 0 Å². The van der Waals surface area contributed by atoms with E-state index in [4.69, 9.17) is 0 Å². The normalized spacial score (nSPS) is 20.1. The van der Waals surface area contributed by atoms with Gasteiger partial charge in [-0.3, -0.25) is 4.79 Å². The number of carbonyl (C=O) groups excluding carboxylic acids is 1. The summed E-state index contributed by atoms with van der Waals surface area (Å²) in [7, 11) is 7.94. The van der Waals surface area contributed by atoms with Crippen molar-refractivity contribution >= 4 is 11.6 Å². The van der Waals surface area contributed by atoms with E-state index in [1.165, 1.54) is 0 Å². The monoisotopic (exact) mass is 323 g/mol. The fraction of sp³-hybridized carbons (Fsp3) is 0.350. The van der Waals surface area contributed by atoms with Crippen molar-refractivity contribution in [1.29, 1.82) is 0 Å². The van der Waals surface area contributed by atoms with Crippen LogP contribution in [0.3, 0.4) is 0 Å². The van der Waals surface area contributed by atoms with Crippen molar-refractivity contribution in [3.8, 4) is 0 Å². The summed E-state index contributed by atoms with van der Waals surface area (Å²) in [6.07, 6.45) is 0.754. The highest BCUT2D eigenvalue weighted by Crippen LogP contribution is 2.48. The summed E-state index contributed by atoms with van der Waals surface area (Å²) < 4.78 is 0. The second-order valence-electron chi connectivity index (χ2n) is 6.81. The van der Waals surface area contributed by atoms with E-state index in [0.717, 1.165) is 29.8 Å². The van der Waals surface area contributed by atoms with Gasteiger partial charge in [0, 0.05) is 14.1 Å². The molecule has 1 heterocycles. The van der Waals surface area contributed by atoms with E-state index in [1.807, 2.05) is 69.6 Å². The Balaban J connectivity index is 2.23. The van der Waals surface area contributed by atoms with Gasteiger partial charge in [0.2, 0.25) is 0 Å². The highest BCUT2D eigenvalue weighted by molar-refractivity contribution is 6.09. The Morgan fingerprint density at radius 3 is 2.17 bits per heavy atom.